The Bertz CT molecular complexity index is 1070. The Morgan fingerprint density at radius 1 is 1.05 bits per heavy atom. The lowest BCUT2D eigenvalue weighted by Gasteiger charge is -2.35. The van der Waals surface area contributed by atoms with Gasteiger partial charge < -0.3 is 25.3 Å². The van der Waals surface area contributed by atoms with E-state index in [-0.39, 0.29) is 30.0 Å². The van der Waals surface area contributed by atoms with Gasteiger partial charge in [0.25, 0.3) is 0 Å². The summed E-state index contributed by atoms with van der Waals surface area (Å²) in [6.45, 7) is 3.45. The number of carbonyl (C=O) groups excluding carboxylic acids is 1. The molecule has 1 aromatic carbocycles. The molecule has 4 rings (SSSR count). The predicted molar refractivity (Wildman–Crippen MR) is 137 cm³/mol. The van der Waals surface area contributed by atoms with Gasteiger partial charge in [-0.05, 0) is 44.4 Å². The number of amides is 1. The zero-order valence-corrected chi connectivity index (χ0v) is 21.6. The van der Waals surface area contributed by atoms with Gasteiger partial charge >= 0.3 is 6.18 Å². The first-order valence-corrected chi connectivity index (χ1v) is 12.7. The van der Waals surface area contributed by atoms with Crippen molar-refractivity contribution in [2.24, 2.45) is 5.92 Å². The van der Waals surface area contributed by atoms with Crippen LogP contribution in [0.3, 0.4) is 0 Å². The summed E-state index contributed by atoms with van der Waals surface area (Å²) in [7, 11) is 5.84. The van der Waals surface area contributed by atoms with Crippen LogP contribution in [0.4, 0.5) is 31.0 Å². The fourth-order valence-corrected chi connectivity index (χ4v) is 4.94. The van der Waals surface area contributed by atoms with Crippen LogP contribution in [0.25, 0.3) is 0 Å². The molecule has 37 heavy (non-hydrogen) atoms. The molecule has 202 valence electrons. The molecule has 2 aromatic rings. The number of piperazine rings is 1. The third-order valence-electron chi connectivity index (χ3n) is 7.33. The van der Waals surface area contributed by atoms with Gasteiger partial charge in [-0.15, -0.1) is 0 Å². The molecule has 1 saturated carbocycles. The van der Waals surface area contributed by atoms with Gasteiger partial charge in [-0.25, -0.2) is 0 Å². The van der Waals surface area contributed by atoms with E-state index >= 15 is 0 Å². The van der Waals surface area contributed by atoms with E-state index in [4.69, 9.17) is 4.98 Å². The van der Waals surface area contributed by atoms with Gasteiger partial charge in [-0.2, -0.15) is 28.1 Å². The highest BCUT2D eigenvalue weighted by Gasteiger charge is 2.34. The van der Waals surface area contributed by atoms with E-state index in [1.807, 2.05) is 7.05 Å². The zero-order chi connectivity index (χ0) is 26.6. The molecule has 9 nitrogen and oxygen atoms in total. The molecule has 1 saturated heterocycles. The van der Waals surface area contributed by atoms with Gasteiger partial charge in [-0.3, -0.25) is 4.79 Å². The molecular weight excluding hydrogens is 485 g/mol. The summed E-state index contributed by atoms with van der Waals surface area (Å²) in [4.78, 5) is 33.1. The molecule has 0 unspecified atom stereocenters. The summed E-state index contributed by atoms with van der Waals surface area (Å²) in [6.07, 6.45) is -1.62. The van der Waals surface area contributed by atoms with Crippen LogP contribution in [0.2, 0.25) is 0 Å². The summed E-state index contributed by atoms with van der Waals surface area (Å²) in [5, 5.41) is 5.74. The van der Waals surface area contributed by atoms with E-state index in [1.165, 1.54) is 12.1 Å². The Balaban J connectivity index is 1.34. The van der Waals surface area contributed by atoms with Crippen LogP contribution in [-0.4, -0.2) is 79.1 Å². The molecule has 0 atom stereocenters. The van der Waals surface area contributed by atoms with Crippen molar-refractivity contribution in [1.29, 1.82) is 0 Å². The highest BCUT2D eigenvalue weighted by Crippen LogP contribution is 2.32. The lowest BCUT2D eigenvalue weighted by Crippen LogP contribution is -2.45. The monoisotopic (exact) mass is 520 g/mol. The largest absolute Gasteiger partial charge is 0.416 e. The number of hydrogen-bond acceptors (Lipinski definition) is 8. The van der Waals surface area contributed by atoms with E-state index in [2.05, 4.69) is 42.3 Å². The number of aromatic nitrogens is 3. The minimum atomic E-state index is -4.45. The molecule has 2 heterocycles. The van der Waals surface area contributed by atoms with Gasteiger partial charge in [0, 0.05) is 58.8 Å². The SMILES string of the molecule is CNc1nc(N2CCN(C)CC2)nc(N(C)[C@H]2CC[C@@H](C(=O)NCc3ccccc3C(F)(F)F)CC2)n1. The smallest absolute Gasteiger partial charge is 0.357 e. The van der Waals surface area contributed by atoms with E-state index in [1.54, 1.807) is 13.1 Å². The van der Waals surface area contributed by atoms with Gasteiger partial charge in [-0.1, -0.05) is 18.2 Å². The molecule has 0 bridgehead atoms. The molecule has 1 amide bonds. The number of carbonyl (C=O) groups is 1. The summed E-state index contributed by atoms with van der Waals surface area (Å²) in [5.74, 6) is 1.33. The fourth-order valence-electron chi connectivity index (χ4n) is 4.94. The van der Waals surface area contributed by atoms with E-state index in [0.29, 0.717) is 30.7 Å². The van der Waals surface area contributed by atoms with Gasteiger partial charge in [0.1, 0.15) is 0 Å². The van der Waals surface area contributed by atoms with Crippen LogP contribution in [0.15, 0.2) is 24.3 Å². The van der Waals surface area contributed by atoms with E-state index in [9.17, 15) is 18.0 Å². The van der Waals surface area contributed by atoms with Gasteiger partial charge in [0.2, 0.25) is 23.8 Å². The third-order valence-corrected chi connectivity index (χ3v) is 7.33. The second-order valence-electron chi connectivity index (χ2n) is 9.79. The van der Waals surface area contributed by atoms with Crippen LogP contribution >= 0.6 is 0 Å². The first kappa shape index (κ1) is 26.9. The van der Waals surface area contributed by atoms with Gasteiger partial charge in [0.15, 0.2) is 0 Å². The lowest BCUT2D eigenvalue weighted by molar-refractivity contribution is -0.138. The van der Waals surface area contributed by atoms with E-state index < -0.39 is 11.7 Å². The predicted octanol–water partition coefficient (Wildman–Crippen LogP) is 3.00. The number of alkyl halides is 3. The van der Waals surface area contributed by atoms with Crippen molar-refractivity contribution < 1.29 is 18.0 Å². The quantitative estimate of drug-likeness (QED) is 0.576. The molecule has 0 radical (unpaired) electrons. The van der Waals surface area contributed by atoms with Crippen molar-refractivity contribution in [3.05, 3.63) is 35.4 Å². The number of likely N-dealkylation sites (N-methyl/N-ethyl adjacent to an activating group) is 1. The third kappa shape index (κ3) is 6.60. The molecule has 1 aromatic heterocycles. The van der Waals surface area contributed by atoms with Crippen LogP contribution in [-0.2, 0) is 17.5 Å². The van der Waals surface area contributed by atoms with Crippen molar-refractivity contribution in [3.8, 4) is 0 Å². The van der Waals surface area contributed by atoms with Crippen molar-refractivity contribution in [1.82, 2.24) is 25.2 Å². The first-order chi connectivity index (χ1) is 17.7. The number of benzene rings is 1. The Morgan fingerprint density at radius 3 is 2.38 bits per heavy atom. The molecule has 1 aliphatic carbocycles. The van der Waals surface area contributed by atoms with Crippen molar-refractivity contribution >= 4 is 23.8 Å². The minimum Gasteiger partial charge on any atom is -0.357 e. The Morgan fingerprint density at radius 2 is 1.73 bits per heavy atom. The topological polar surface area (TPSA) is 89.5 Å². The lowest BCUT2D eigenvalue weighted by atomic mass is 9.85. The number of nitrogens with one attached hydrogen (secondary N) is 2. The number of rotatable bonds is 7. The number of nitrogens with zero attached hydrogens (tertiary/aromatic N) is 6. The zero-order valence-electron chi connectivity index (χ0n) is 21.6. The van der Waals surface area contributed by atoms with Crippen molar-refractivity contribution in [2.75, 3.05) is 62.4 Å². The highest BCUT2D eigenvalue weighted by atomic mass is 19.4. The molecule has 2 fully saturated rings. The average Bonchev–Trinajstić information content (AvgIpc) is 2.91. The minimum absolute atomic E-state index is 0.0723. The normalized spacial score (nSPS) is 21.0. The van der Waals surface area contributed by atoms with Gasteiger partial charge in [0.05, 0.1) is 5.56 Å². The van der Waals surface area contributed by atoms with Crippen molar-refractivity contribution in [3.63, 3.8) is 0 Å². The summed E-state index contributed by atoms with van der Waals surface area (Å²) in [5.41, 5.74) is -0.641. The highest BCUT2D eigenvalue weighted by molar-refractivity contribution is 5.78. The van der Waals surface area contributed by atoms with Crippen LogP contribution in [0.5, 0.6) is 0 Å². The Kier molecular flexibility index (Phi) is 8.35. The molecule has 12 heteroatoms. The van der Waals surface area contributed by atoms with Crippen LogP contribution in [0, 0.1) is 5.92 Å². The maximum absolute atomic E-state index is 13.2. The number of anilines is 3. The molecule has 2 aliphatic rings. The fraction of sp³-hybridized carbons (Fsp3) is 0.600. The standard InChI is InChI=1S/C25H35F3N8O/c1-29-22-31-23(33-24(32-22)36-14-12-34(2)13-15-36)35(3)19-10-8-17(9-11-19)21(37)30-16-18-6-4-5-7-20(18)25(26,27)28/h4-7,17,19H,8-16H2,1-3H3,(H,30,37)(H,29,31,32,33)/t17-,19+. The summed E-state index contributed by atoms with van der Waals surface area (Å²) in [6, 6.07) is 5.50. The number of halogens is 3. The maximum atomic E-state index is 13.2. The first-order valence-electron chi connectivity index (χ1n) is 12.7. The summed E-state index contributed by atoms with van der Waals surface area (Å²) >= 11 is 0. The molecule has 1 aliphatic heterocycles. The molecule has 0 spiro atoms. The van der Waals surface area contributed by atoms with E-state index in [0.717, 1.165) is 45.1 Å². The van der Waals surface area contributed by atoms with Crippen molar-refractivity contribution in [2.45, 2.75) is 44.4 Å². The molecular formula is C25H35F3N8O. The second-order valence-corrected chi connectivity index (χ2v) is 9.79. The second kappa shape index (κ2) is 11.5. The molecule has 2 N–H and O–H groups in total. The number of hydrogen-bond donors (Lipinski definition) is 2. The Hall–Kier alpha value is -3.15. The Labute approximate surface area is 215 Å². The summed E-state index contributed by atoms with van der Waals surface area (Å²) < 4.78 is 39.7. The maximum Gasteiger partial charge on any atom is 0.416 e. The average molecular weight is 521 g/mol. The van der Waals surface area contributed by atoms with Crippen LogP contribution < -0.4 is 20.4 Å². The van der Waals surface area contributed by atoms with Crippen LogP contribution in [0.1, 0.15) is 36.8 Å².